The zero-order chi connectivity index (χ0) is 13.2. The summed E-state index contributed by atoms with van der Waals surface area (Å²) in [6, 6.07) is 3.94. The number of H-pyrrole nitrogens is 1. The first-order chi connectivity index (χ1) is 9.31. The minimum atomic E-state index is 0.0643. The summed E-state index contributed by atoms with van der Waals surface area (Å²) in [6.45, 7) is 3.98. The topological polar surface area (TPSA) is 58.2 Å². The highest BCUT2D eigenvalue weighted by molar-refractivity contribution is 6.06. The van der Waals surface area contributed by atoms with Crippen LogP contribution in [0.1, 0.15) is 23.7 Å². The second-order valence-electron chi connectivity index (χ2n) is 4.74. The van der Waals surface area contributed by atoms with Crippen LogP contribution in [-0.2, 0) is 4.74 Å². The molecule has 1 N–H and O–H groups in total. The number of aromatic nitrogens is 2. The van der Waals surface area contributed by atoms with E-state index in [9.17, 15) is 4.79 Å². The van der Waals surface area contributed by atoms with Crippen molar-refractivity contribution in [2.75, 3.05) is 19.8 Å². The lowest BCUT2D eigenvalue weighted by Gasteiger charge is -2.35. The van der Waals surface area contributed by atoms with Gasteiger partial charge in [-0.3, -0.25) is 4.79 Å². The third-order valence-electron chi connectivity index (χ3n) is 3.64. The van der Waals surface area contributed by atoms with E-state index in [1.165, 1.54) is 0 Å². The monoisotopic (exact) mass is 259 g/mol. The Hall–Kier alpha value is -1.88. The molecule has 0 spiro atoms. The van der Waals surface area contributed by atoms with Gasteiger partial charge in [0.25, 0.3) is 5.91 Å². The van der Waals surface area contributed by atoms with Crippen molar-refractivity contribution >= 4 is 16.9 Å². The molecular weight excluding hydrogens is 242 g/mol. The van der Waals surface area contributed by atoms with Gasteiger partial charge in [0.1, 0.15) is 5.65 Å². The van der Waals surface area contributed by atoms with Gasteiger partial charge < -0.3 is 14.6 Å². The summed E-state index contributed by atoms with van der Waals surface area (Å²) in [6.07, 6.45) is 4.38. The summed E-state index contributed by atoms with van der Waals surface area (Å²) in [5, 5.41) is 0.883. The van der Waals surface area contributed by atoms with Crippen LogP contribution in [0.4, 0.5) is 0 Å². The summed E-state index contributed by atoms with van der Waals surface area (Å²) in [4.78, 5) is 21.9. The Balaban J connectivity index is 1.94. The van der Waals surface area contributed by atoms with Crippen LogP contribution in [0.25, 0.3) is 11.0 Å². The number of amides is 1. The molecule has 2 aromatic heterocycles. The standard InChI is InChI=1S/C14H17N3O2/c1-2-10-9-19-7-6-17(10)14(18)12-8-16-13-11(12)4-3-5-15-13/h3-5,8,10H,2,6-7,9H2,1H3,(H,15,16)/t10-/m0/s1. The molecule has 1 aliphatic rings. The third kappa shape index (κ3) is 2.10. The van der Waals surface area contributed by atoms with Crippen molar-refractivity contribution in [3.63, 3.8) is 0 Å². The molecule has 0 bridgehead atoms. The van der Waals surface area contributed by atoms with Crippen LogP contribution in [-0.4, -0.2) is 46.6 Å². The van der Waals surface area contributed by atoms with Crippen LogP contribution < -0.4 is 0 Å². The number of morpholine rings is 1. The fraction of sp³-hybridized carbons (Fsp3) is 0.429. The van der Waals surface area contributed by atoms with Crippen LogP contribution in [0, 0.1) is 0 Å². The van der Waals surface area contributed by atoms with Crippen LogP contribution in [0.2, 0.25) is 0 Å². The van der Waals surface area contributed by atoms with E-state index >= 15 is 0 Å². The van der Waals surface area contributed by atoms with Gasteiger partial charge in [-0.1, -0.05) is 6.92 Å². The second kappa shape index (κ2) is 5.01. The molecule has 5 nitrogen and oxygen atoms in total. The minimum Gasteiger partial charge on any atom is -0.377 e. The zero-order valence-corrected chi connectivity index (χ0v) is 10.9. The lowest BCUT2D eigenvalue weighted by Crippen LogP contribution is -2.48. The number of rotatable bonds is 2. The molecule has 1 atom stereocenters. The van der Waals surface area contributed by atoms with Crippen LogP contribution in [0.5, 0.6) is 0 Å². The summed E-state index contributed by atoms with van der Waals surface area (Å²) in [5.74, 6) is 0.0643. The Kier molecular flexibility index (Phi) is 3.21. The van der Waals surface area contributed by atoms with Gasteiger partial charge in [0, 0.05) is 24.3 Å². The molecule has 100 valence electrons. The number of nitrogens with one attached hydrogen (secondary N) is 1. The predicted octanol–water partition coefficient (Wildman–Crippen LogP) is 1.81. The van der Waals surface area contributed by atoms with Crippen molar-refractivity contribution in [3.8, 4) is 0 Å². The number of ether oxygens (including phenoxy) is 1. The second-order valence-corrected chi connectivity index (χ2v) is 4.74. The molecule has 1 amide bonds. The fourth-order valence-corrected chi connectivity index (χ4v) is 2.55. The molecule has 0 aliphatic carbocycles. The van der Waals surface area contributed by atoms with Gasteiger partial charge in [-0.15, -0.1) is 0 Å². The van der Waals surface area contributed by atoms with Crippen LogP contribution in [0.3, 0.4) is 0 Å². The highest BCUT2D eigenvalue weighted by Crippen LogP contribution is 2.20. The number of carbonyl (C=O) groups is 1. The first-order valence-electron chi connectivity index (χ1n) is 6.62. The molecule has 3 heterocycles. The number of pyridine rings is 1. The van der Waals surface area contributed by atoms with Gasteiger partial charge in [-0.05, 0) is 18.6 Å². The SMILES string of the molecule is CC[C@H]1COCCN1C(=O)c1c[nH]c2ncccc12. The van der Waals surface area contributed by atoms with Gasteiger partial charge in [0.2, 0.25) is 0 Å². The van der Waals surface area contributed by atoms with E-state index in [0.29, 0.717) is 25.3 Å². The summed E-state index contributed by atoms with van der Waals surface area (Å²) in [7, 11) is 0. The Morgan fingerprint density at radius 2 is 2.53 bits per heavy atom. The van der Waals surface area contributed by atoms with Gasteiger partial charge in [0.15, 0.2) is 0 Å². The van der Waals surface area contributed by atoms with Crippen LogP contribution in [0.15, 0.2) is 24.5 Å². The molecule has 0 saturated carbocycles. The van der Waals surface area contributed by atoms with E-state index in [1.54, 1.807) is 12.4 Å². The third-order valence-corrected chi connectivity index (χ3v) is 3.64. The Morgan fingerprint density at radius 3 is 3.37 bits per heavy atom. The Bertz CT molecular complexity index is 593. The quantitative estimate of drug-likeness (QED) is 0.895. The summed E-state index contributed by atoms with van der Waals surface area (Å²) < 4.78 is 5.44. The predicted molar refractivity (Wildman–Crippen MR) is 72.0 cm³/mol. The summed E-state index contributed by atoms with van der Waals surface area (Å²) >= 11 is 0. The number of fused-ring (bicyclic) bond motifs is 1. The molecule has 1 fully saturated rings. The molecule has 0 unspecified atom stereocenters. The van der Waals surface area contributed by atoms with E-state index in [-0.39, 0.29) is 11.9 Å². The van der Waals surface area contributed by atoms with E-state index in [2.05, 4.69) is 16.9 Å². The molecule has 5 heteroatoms. The molecule has 1 saturated heterocycles. The average molecular weight is 259 g/mol. The molecule has 2 aromatic rings. The van der Waals surface area contributed by atoms with Gasteiger partial charge in [-0.2, -0.15) is 0 Å². The smallest absolute Gasteiger partial charge is 0.256 e. The maximum absolute atomic E-state index is 12.7. The number of aromatic amines is 1. The lowest BCUT2D eigenvalue weighted by molar-refractivity contribution is -0.00269. The van der Waals surface area contributed by atoms with Gasteiger partial charge in [-0.25, -0.2) is 4.98 Å². The van der Waals surface area contributed by atoms with Crippen molar-refractivity contribution in [3.05, 3.63) is 30.1 Å². The highest BCUT2D eigenvalue weighted by Gasteiger charge is 2.28. The van der Waals surface area contributed by atoms with E-state index < -0.39 is 0 Å². The molecule has 0 radical (unpaired) electrons. The normalized spacial score (nSPS) is 19.8. The van der Waals surface area contributed by atoms with Crippen molar-refractivity contribution in [1.29, 1.82) is 0 Å². The average Bonchev–Trinajstić information content (AvgIpc) is 2.90. The fourth-order valence-electron chi connectivity index (χ4n) is 2.55. The first kappa shape index (κ1) is 12.2. The molecule has 1 aliphatic heterocycles. The van der Waals surface area contributed by atoms with Crippen LogP contribution >= 0.6 is 0 Å². The van der Waals surface area contributed by atoms with E-state index in [1.807, 2.05) is 17.0 Å². The molecule has 0 aromatic carbocycles. The first-order valence-corrected chi connectivity index (χ1v) is 6.62. The molecule has 3 rings (SSSR count). The van der Waals surface area contributed by atoms with Crippen molar-refractivity contribution in [2.45, 2.75) is 19.4 Å². The minimum absolute atomic E-state index is 0.0643. The highest BCUT2D eigenvalue weighted by atomic mass is 16.5. The molecule has 19 heavy (non-hydrogen) atoms. The van der Waals surface area contributed by atoms with E-state index in [0.717, 1.165) is 17.5 Å². The number of carbonyl (C=O) groups excluding carboxylic acids is 1. The lowest BCUT2D eigenvalue weighted by atomic mass is 10.1. The Labute approximate surface area is 111 Å². The van der Waals surface area contributed by atoms with Crippen molar-refractivity contribution in [2.24, 2.45) is 0 Å². The van der Waals surface area contributed by atoms with E-state index in [4.69, 9.17) is 4.74 Å². The van der Waals surface area contributed by atoms with Crippen molar-refractivity contribution in [1.82, 2.24) is 14.9 Å². The maximum atomic E-state index is 12.7. The zero-order valence-electron chi connectivity index (χ0n) is 10.9. The largest absolute Gasteiger partial charge is 0.377 e. The molecular formula is C14H17N3O2. The maximum Gasteiger partial charge on any atom is 0.256 e. The number of hydrogen-bond acceptors (Lipinski definition) is 3. The number of hydrogen-bond donors (Lipinski definition) is 1. The number of nitrogens with zero attached hydrogens (tertiary/aromatic N) is 2. The summed E-state index contributed by atoms with van der Waals surface area (Å²) in [5.41, 5.74) is 1.45. The van der Waals surface area contributed by atoms with Crippen molar-refractivity contribution < 1.29 is 9.53 Å². The van der Waals surface area contributed by atoms with Gasteiger partial charge >= 0.3 is 0 Å². The van der Waals surface area contributed by atoms with Gasteiger partial charge in [0.05, 0.1) is 24.8 Å². The Morgan fingerprint density at radius 1 is 1.63 bits per heavy atom.